The quantitative estimate of drug-likeness (QED) is 0.204. The third-order valence-corrected chi connectivity index (χ3v) is 6.37. The van der Waals surface area contributed by atoms with Crippen LogP contribution < -0.4 is 21.1 Å². The number of imide groups is 2. The summed E-state index contributed by atoms with van der Waals surface area (Å²) in [6.45, 7) is 1.77. The van der Waals surface area contributed by atoms with Crippen molar-refractivity contribution in [2.75, 3.05) is 51.6 Å². The van der Waals surface area contributed by atoms with Gasteiger partial charge in [-0.15, -0.1) is 0 Å². The van der Waals surface area contributed by atoms with Gasteiger partial charge in [0, 0.05) is 18.7 Å². The first-order chi connectivity index (χ1) is 19.9. The zero-order chi connectivity index (χ0) is 29.2. The van der Waals surface area contributed by atoms with Crippen molar-refractivity contribution in [1.29, 1.82) is 0 Å². The van der Waals surface area contributed by atoms with E-state index in [4.69, 9.17) is 24.7 Å². The van der Waals surface area contributed by atoms with Crippen molar-refractivity contribution in [3.8, 4) is 5.75 Å². The molecule has 1 saturated heterocycles. The summed E-state index contributed by atoms with van der Waals surface area (Å²) in [5.41, 5.74) is 7.43. The van der Waals surface area contributed by atoms with Gasteiger partial charge in [-0.1, -0.05) is 18.2 Å². The van der Waals surface area contributed by atoms with E-state index in [0.717, 1.165) is 10.5 Å². The lowest BCUT2D eigenvalue weighted by Gasteiger charge is -2.27. The monoisotopic (exact) mass is 568 g/mol. The molecular weight excluding hydrogens is 536 g/mol. The van der Waals surface area contributed by atoms with Crippen LogP contribution in [0.4, 0.5) is 5.69 Å². The molecule has 2 aliphatic rings. The maximum absolute atomic E-state index is 13.1. The van der Waals surface area contributed by atoms with E-state index in [9.17, 15) is 24.0 Å². The van der Waals surface area contributed by atoms with Gasteiger partial charge < -0.3 is 30.0 Å². The molecule has 0 spiro atoms. The standard InChI is InChI=1S/C28H32N4O9/c29-16-18-4-6-19(7-5-18)30-24(34)17-40-13-12-38-10-11-39-14-15-41-22-3-1-2-20-25(22)28(37)32(27(20)36)21-8-9-23(33)31-26(21)35/h1-7,21H,8-17,29H2,(H,30,34)(H,31,33,35). The Balaban J connectivity index is 1.08. The number of carbonyl (C=O) groups is 5. The second-order valence-corrected chi connectivity index (χ2v) is 9.20. The van der Waals surface area contributed by atoms with Crippen LogP contribution in [0.1, 0.15) is 39.1 Å². The van der Waals surface area contributed by atoms with Gasteiger partial charge in [0.1, 0.15) is 25.0 Å². The molecule has 1 unspecified atom stereocenters. The molecule has 13 heteroatoms. The van der Waals surface area contributed by atoms with Crippen molar-refractivity contribution >= 4 is 35.2 Å². The Morgan fingerprint density at radius 2 is 1.59 bits per heavy atom. The molecule has 2 aliphatic heterocycles. The molecule has 2 aromatic carbocycles. The van der Waals surface area contributed by atoms with Crippen LogP contribution in [-0.4, -0.2) is 86.7 Å². The minimum Gasteiger partial charge on any atom is -0.490 e. The second kappa shape index (κ2) is 14.5. The minimum absolute atomic E-state index is 0.0456. The Morgan fingerprint density at radius 1 is 0.902 bits per heavy atom. The summed E-state index contributed by atoms with van der Waals surface area (Å²) >= 11 is 0. The molecule has 1 fully saturated rings. The summed E-state index contributed by atoms with van der Waals surface area (Å²) in [4.78, 5) is 62.4. The average Bonchev–Trinajstić information content (AvgIpc) is 3.22. The molecule has 0 saturated carbocycles. The molecule has 13 nitrogen and oxygen atoms in total. The molecule has 0 radical (unpaired) electrons. The number of piperidine rings is 1. The van der Waals surface area contributed by atoms with Crippen LogP contribution in [0.5, 0.6) is 5.75 Å². The van der Waals surface area contributed by atoms with Crippen molar-refractivity contribution < 1.29 is 42.9 Å². The van der Waals surface area contributed by atoms with E-state index >= 15 is 0 Å². The van der Waals surface area contributed by atoms with Gasteiger partial charge in [0.15, 0.2) is 0 Å². The first-order valence-corrected chi connectivity index (χ1v) is 13.2. The van der Waals surface area contributed by atoms with Crippen molar-refractivity contribution in [3.63, 3.8) is 0 Å². The van der Waals surface area contributed by atoms with Crippen LogP contribution in [0.2, 0.25) is 0 Å². The maximum atomic E-state index is 13.1. The summed E-state index contributed by atoms with van der Waals surface area (Å²) in [6.07, 6.45) is 0.124. The number of hydrogen-bond donors (Lipinski definition) is 3. The zero-order valence-corrected chi connectivity index (χ0v) is 22.4. The van der Waals surface area contributed by atoms with E-state index in [0.29, 0.717) is 18.8 Å². The lowest BCUT2D eigenvalue weighted by atomic mass is 10.0. The molecule has 4 N–H and O–H groups in total. The fraction of sp³-hybridized carbons (Fsp3) is 0.393. The van der Waals surface area contributed by atoms with Gasteiger partial charge in [0.25, 0.3) is 11.8 Å². The number of benzene rings is 2. The molecule has 4 rings (SSSR count). The van der Waals surface area contributed by atoms with Gasteiger partial charge in [-0.25, -0.2) is 0 Å². The van der Waals surface area contributed by atoms with E-state index in [1.165, 1.54) is 6.07 Å². The largest absolute Gasteiger partial charge is 0.490 e. The van der Waals surface area contributed by atoms with Crippen LogP contribution in [0, 0.1) is 0 Å². The number of rotatable bonds is 15. The maximum Gasteiger partial charge on any atom is 0.266 e. The van der Waals surface area contributed by atoms with E-state index in [1.807, 2.05) is 12.1 Å². The van der Waals surface area contributed by atoms with Gasteiger partial charge in [0.2, 0.25) is 17.7 Å². The average molecular weight is 569 g/mol. The highest BCUT2D eigenvalue weighted by Crippen LogP contribution is 2.33. The normalized spacial score (nSPS) is 16.5. The van der Waals surface area contributed by atoms with E-state index in [1.54, 1.807) is 24.3 Å². The highest BCUT2D eigenvalue weighted by atomic mass is 16.6. The van der Waals surface area contributed by atoms with Crippen LogP contribution >= 0.6 is 0 Å². The number of nitrogens with two attached hydrogens (primary N) is 1. The fourth-order valence-corrected chi connectivity index (χ4v) is 4.34. The van der Waals surface area contributed by atoms with E-state index in [2.05, 4.69) is 10.6 Å². The predicted molar refractivity (Wildman–Crippen MR) is 144 cm³/mol. The van der Waals surface area contributed by atoms with Crippen molar-refractivity contribution in [2.45, 2.75) is 25.4 Å². The molecule has 1 atom stereocenters. The lowest BCUT2D eigenvalue weighted by Crippen LogP contribution is -2.54. The van der Waals surface area contributed by atoms with Crippen molar-refractivity contribution in [2.24, 2.45) is 5.73 Å². The number of ether oxygens (including phenoxy) is 4. The first kappa shape index (κ1) is 29.8. The summed E-state index contributed by atoms with van der Waals surface area (Å²) in [5, 5.41) is 4.90. The highest BCUT2D eigenvalue weighted by Gasteiger charge is 2.45. The van der Waals surface area contributed by atoms with E-state index in [-0.39, 0.29) is 75.3 Å². The molecule has 0 aromatic heterocycles. The number of nitrogens with one attached hydrogen (secondary N) is 2. The topological polar surface area (TPSA) is 176 Å². The summed E-state index contributed by atoms with van der Waals surface area (Å²) in [7, 11) is 0. The third kappa shape index (κ3) is 7.73. The zero-order valence-electron chi connectivity index (χ0n) is 22.4. The molecule has 2 aromatic rings. The smallest absolute Gasteiger partial charge is 0.266 e. The number of carbonyl (C=O) groups excluding carboxylic acids is 5. The van der Waals surface area contributed by atoms with Crippen molar-refractivity contribution in [1.82, 2.24) is 10.2 Å². The molecule has 2 heterocycles. The summed E-state index contributed by atoms with van der Waals surface area (Å²) < 4.78 is 21.9. The number of fused-ring (bicyclic) bond motifs is 1. The number of amides is 5. The number of nitrogens with zero attached hydrogens (tertiary/aromatic N) is 1. The Hall–Kier alpha value is -4.17. The first-order valence-electron chi connectivity index (χ1n) is 13.2. The highest BCUT2D eigenvalue weighted by molar-refractivity contribution is 6.24. The molecule has 0 bridgehead atoms. The SMILES string of the molecule is NCc1ccc(NC(=O)COCCOCCOCCOc2cccc3c2C(=O)N(C2CCC(=O)NC2=O)C3=O)cc1. The van der Waals surface area contributed by atoms with Gasteiger partial charge in [-0.3, -0.25) is 34.2 Å². The van der Waals surface area contributed by atoms with Gasteiger partial charge >= 0.3 is 0 Å². The molecule has 0 aliphatic carbocycles. The Labute approximate surface area is 236 Å². The molecule has 5 amide bonds. The van der Waals surface area contributed by atoms with Crippen LogP contribution in [0.25, 0.3) is 0 Å². The van der Waals surface area contributed by atoms with Gasteiger partial charge in [-0.2, -0.15) is 0 Å². The fourth-order valence-electron chi connectivity index (χ4n) is 4.34. The van der Waals surface area contributed by atoms with Crippen molar-refractivity contribution in [3.05, 3.63) is 59.2 Å². The predicted octanol–water partition coefficient (Wildman–Crippen LogP) is 0.614. The van der Waals surface area contributed by atoms with Gasteiger partial charge in [-0.05, 0) is 36.2 Å². The van der Waals surface area contributed by atoms with Crippen LogP contribution in [0.3, 0.4) is 0 Å². The lowest BCUT2D eigenvalue weighted by molar-refractivity contribution is -0.136. The van der Waals surface area contributed by atoms with Crippen LogP contribution in [-0.2, 0) is 35.1 Å². The number of anilines is 1. The van der Waals surface area contributed by atoms with Gasteiger partial charge in [0.05, 0.1) is 44.2 Å². The van der Waals surface area contributed by atoms with E-state index < -0.39 is 29.7 Å². The Morgan fingerprint density at radius 3 is 2.27 bits per heavy atom. The molecule has 41 heavy (non-hydrogen) atoms. The minimum atomic E-state index is -1.04. The Kier molecular flexibility index (Phi) is 10.5. The van der Waals surface area contributed by atoms with Crippen LogP contribution in [0.15, 0.2) is 42.5 Å². The molecule has 218 valence electrons. The Bertz CT molecular complexity index is 1280. The summed E-state index contributed by atoms with van der Waals surface area (Å²) in [5.74, 6) is -2.39. The summed E-state index contributed by atoms with van der Waals surface area (Å²) in [6, 6.07) is 10.9. The second-order valence-electron chi connectivity index (χ2n) is 9.20. The number of hydrogen-bond acceptors (Lipinski definition) is 10. The molecular formula is C28H32N4O9. The third-order valence-electron chi connectivity index (χ3n) is 6.37.